The fourth-order valence-electron chi connectivity index (χ4n) is 2.47. The molecule has 2 aromatic rings. The minimum absolute atomic E-state index is 0.178. The number of aromatic nitrogens is 3. The van der Waals surface area contributed by atoms with E-state index in [4.69, 9.17) is 0 Å². The lowest BCUT2D eigenvalue weighted by Crippen LogP contribution is -2.19. The number of nitrogens with zero attached hydrogens (tertiary/aromatic N) is 2. The smallest absolute Gasteiger partial charge is 0.316 e. The Kier molecular flexibility index (Phi) is 3.52. The van der Waals surface area contributed by atoms with Crippen molar-refractivity contribution in [2.24, 2.45) is 5.92 Å². The minimum Gasteiger partial charge on any atom is -0.316 e. The lowest BCUT2D eigenvalue weighted by atomic mass is 10.0. The van der Waals surface area contributed by atoms with Gasteiger partial charge in [-0.2, -0.15) is 5.10 Å². The van der Waals surface area contributed by atoms with E-state index < -0.39 is 0 Å². The Bertz CT molecular complexity index is 610. The number of H-pyrrole nitrogens is 1. The van der Waals surface area contributed by atoms with E-state index in [1.165, 1.54) is 0 Å². The maximum atomic E-state index is 11.9. The molecule has 0 amide bonds. The minimum atomic E-state index is -0.178. The van der Waals surface area contributed by atoms with Crippen molar-refractivity contribution >= 4 is 15.9 Å². The van der Waals surface area contributed by atoms with Crippen LogP contribution in [0, 0.1) is 5.92 Å². The molecule has 100 valence electrons. The van der Waals surface area contributed by atoms with Gasteiger partial charge in [-0.3, -0.25) is 0 Å². The van der Waals surface area contributed by atoms with Crippen molar-refractivity contribution in [1.29, 1.82) is 0 Å². The Balaban J connectivity index is 1.93. The number of aromatic amines is 1. The van der Waals surface area contributed by atoms with Gasteiger partial charge >= 0.3 is 5.69 Å². The quantitative estimate of drug-likeness (QED) is 0.899. The SMILES string of the molecule is O=c1[nH]nc(C[C@@H]2CCNC2)n1-c1ccc(Br)cc1. The molecule has 6 heteroatoms. The van der Waals surface area contributed by atoms with Gasteiger partial charge in [-0.25, -0.2) is 14.5 Å². The van der Waals surface area contributed by atoms with Crippen molar-refractivity contribution in [2.45, 2.75) is 12.8 Å². The third-order valence-electron chi connectivity index (χ3n) is 3.46. The van der Waals surface area contributed by atoms with Crippen LogP contribution in [0.1, 0.15) is 12.2 Å². The van der Waals surface area contributed by atoms with Crippen LogP contribution < -0.4 is 11.0 Å². The fraction of sp³-hybridized carbons (Fsp3) is 0.385. The molecule has 1 aromatic heterocycles. The largest absolute Gasteiger partial charge is 0.347 e. The molecule has 0 spiro atoms. The molecule has 2 heterocycles. The summed E-state index contributed by atoms with van der Waals surface area (Å²) in [5, 5.41) is 10.0. The second kappa shape index (κ2) is 5.30. The van der Waals surface area contributed by atoms with E-state index >= 15 is 0 Å². The number of benzene rings is 1. The molecule has 0 saturated carbocycles. The molecule has 0 unspecified atom stereocenters. The molecular formula is C13H15BrN4O. The number of halogens is 1. The summed E-state index contributed by atoms with van der Waals surface area (Å²) in [6, 6.07) is 7.68. The van der Waals surface area contributed by atoms with Gasteiger partial charge in [0, 0.05) is 10.9 Å². The van der Waals surface area contributed by atoms with E-state index in [1.807, 2.05) is 24.3 Å². The topological polar surface area (TPSA) is 62.7 Å². The zero-order valence-corrected chi connectivity index (χ0v) is 12.0. The van der Waals surface area contributed by atoms with Gasteiger partial charge in [0.05, 0.1) is 5.69 Å². The molecule has 0 bridgehead atoms. The predicted octanol–water partition coefficient (Wildman–Crippen LogP) is 1.48. The summed E-state index contributed by atoms with van der Waals surface area (Å²) >= 11 is 3.40. The van der Waals surface area contributed by atoms with Gasteiger partial charge in [-0.1, -0.05) is 15.9 Å². The molecule has 1 aliphatic heterocycles. The molecule has 1 aromatic carbocycles. The highest BCUT2D eigenvalue weighted by molar-refractivity contribution is 9.10. The summed E-state index contributed by atoms with van der Waals surface area (Å²) in [6.07, 6.45) is 1.96. The van der Waals surface area contributed by atoms with Crippen molar-refractivity contribution in [3.63, 3.8) is 0 Å². The van der Waals surface area contributed by atoms with Crippen LogP contribution in [0.25, 0.3) is 5.69 Å². The normalized spacial score (nSPS) is 18.9. The van der Waals surface area contributed by atoms with Crippen molar-refractivity contribution in [3.8, 4) is 5.69 Å². The molecule has 1 fully saturated rings. The number of hydrogen-bond donors (Lipinski definition) is 2. The molecule has 0 radical (unpaired) electrons. The Morgan fingerprint density at radius 1 is 1.37 bits per heavy atom. The summed E-state index contributed by atoms with van der Waals surface area (Å²) in [6.45, 7) is 2.05. The highest BCUT2D eigenvalue weighted by Crippen LogP contribution is 2.17. The molecule has 0 aliphatic carbocycles. The van der Waals surface area contributed by atoms with E-state index in [0.29, 0.717) is 5.92 Å². The average Bonchev–Trinajstić information content (AvgIpc) is 3.02. The maximum absolute atomic E-state index is 11.9. The highest BCUT2D eigenvalue weighted by atomic mass is 79.9. The van der Waals surface area contributed by atoms with Crippen LogP contribution in [0.2, 0.25) is 0 Å². The second-order valence-corrected chi connectivity index (χ2v) is 5.74. The van der Waals surface area contributed by atoms with Gasteiger partial charge < -0.3 is 5.32 Å². The molecule has 1 atom stereocenters. The van der Waals surface area contributed by atoms with Crippen LogP contribution in [0.4, 0.5) is 0 Å². The van der Waals surface area contributed by atoms with Crippen molar-refractivity contribution in [3.05, 3.63) is 45.0 Å². The number of hydrogen-bond acceptors (Lipinski definition) is 3. The van der Waals surface area contributed by atoms with Crippen LogP contribution in [-0.4, -0.2) is 27.9 Å². The molecule has 3 rings (SSSR count). The summed E-state index contributed by atoms with van der Waals surface area (Å²) < 4.78 is 2.65. The van der Waals surface area contributed by atoms with E-state index in [-0.39, 0.29) is 5.69 Å². The zero-order chi connectivity index (χ0) is 13.2. The van der Waals surface area contributed by atoms with E-state index in [2.05, 4.69) is 31.4 Å². The van der Waals surface area contributed by atoms with E-state index in [1.54, 1.807) is 4.57 Å². The van der Waals surface area contributed by atoms with E-state index in [0.717, 1.165) is 41.9 Å². The molecule has 5 nitrogen and oxygen atoms in total. The highest BCUT2D eigenvalue weighted by Gasteiger charge is 2.19. The first-order valence-electron chi connectivity index (χ1n) is 6.37. The van der Waals surface area contributed by atoms with Gasteiger partial charge in [0.2, 0.25) is 0 Å². The van der Waals surface area contributed by atoms with Crippen molar-refractivity contribution < 1.29 is 0 Å². The predicted molar refractivity (Wildman–Crippen MR) is 76.6 cm³/mol. The van der Waals surface area contributed by atoms with Crippen LogP contribution in [-0.2, 0) is 6.42 Å². The van der Waals surface area contributed by atoms with Gasteiger partial charge in [-0.05, 0) is 49.7 Å². The first-order valence-corrected chi connectivity index (χ1v) is 7.16. The van der Waals surface area contributed by atoms with Gasteiger partial charge in [0.15, 0.2) is 0 Å². The van der Waals surface area contributed by atoms with Gasteiger partial charge in [0.25, 0.3) is 0 Å². The zero-order valence-electron chi connectivity index (χ0n) is 10.4. The summed E-state index contributed by atoms with van der Waals surface area (Å²) in [7, 11) is 0. The first-order chi connectivity index (χ1) is 9.24. The average molecular weight is 323 g/mol. The number of nitrogens with one attached hydrogen (secondary N) is 2. The number of rotatable bonds is 3. The summed E-state index contributed by atoms with van der Waals surface area (Å²) in [5.74, 6) is 1.37. The molecular weight excluding hydrogens is 308 g/mol. The van der Waals surface area contributed by atoms with Crippen LogP contribution in [0.3, 0.4) is 0 Å². The molecule has 1 aliphatic rings. The summed E-state index contributed by atoms with van der Waals surface area (Å²) in [5.41, 5.74) is 0.672. The van der Waals surface area contributed by atoms with Crippen LogP contribution in [0.5, 0.6) is 0 Å². The van der Waals surface area contributed by atoms with Crippen LogP contribution >= 0.6 is 15.9 Å². The Morgan fingerprint density at radius 3 is 2.84 bits per heavy atom. The van der Waals surface area contributed by atoms with Crippen molar-refractivity contribution in [1.82, 2.24) is 20.1 Å². The van der Waals surface area contributed by atoms with E-state index in [9.17, 15) is 4.79 Å². The lowest BCUT2D eigenvalue weighted by molar-refractivity contribution is 0.555. The Morgan fingerprint density at radius 2 is 2.16 bits per heavy atom. The Hall–Kier alpha value is -1.40. The van der Waals surface area contributed by atoms with Crippen molar-refractivity contribution in [2.75, 3.05) is 13.1 Å². The second-order valence-electron chi connectivity index (χ2n) is 4.82. The molecule has 1 saturated heterocycles. The van der Waals surface area contributed by atoms with Gasteiger partial charge in [0.1, 0.15) is 5.82 Å². The van der Waals surface area contributed by atoms with Gasteiger partial charge in [-0.15, -0.1) is 0 Å². The molecule has 2 N–H and O–H groups in total. The maximum Gasteiger partial charge on any atom is 0.347 e. The standard InChI is InChI=1S/C13H15BrN4O/c14-10-1-3-11(4-2-10)18-12(16-17-13(18)19)7-9-5-6-15-8-9/h1-4,9,15H,5-8H2,(H,17,19)/t9-/m0/s1. The van der Waals surface area contributed by atoms with Crippen LogP contribution in [0.15, 0.2) is 33.5 Å². The first kappa shape index (κ1) is 12.6. The third kappa shape index (κ3) is 2.64. The summed E-state index contributed by atoms with van der Waals surface area (Å²) in [4.78, 5) is 11.9. The third-order valence-corrected chi connectivity index (χ3v) is 3.99. The fourth-order valence-corrected chi connectivity index (χ4v) is 2.73. The molecule has 19 heavy (non-hydrogen) atoms. The monoisotopic (exact) mass is 322 g/mol. The Labute approximate surface area is 119 Å². The lowest BCUT2D eigenvalue weighted by Gasteiger charge is -2.09.